The summed E-state index contributed by atoms with van der Waals surface area (Å²) in [7, 11) is 0. The number of aromatic carboxylic acids is 1. The first kappa shape index (κ1) is 53.5. The molecule has 1 fully saturated rings. The number of pyridine rings is 1. The van der Waals surface area contributed by atoms with Gasteiger partial charge in [0.05, 0.1) is 11.5 Å². The number of nitrogens with zero attached hydrogens (tertiary/aromatic N) is 7. The fraction of sp³-hybridized carbons (Fsp3) is 0.357. The van der Waals surface area contributed by atoms with Gasteiger partial charge < -0.3 is 39.2 Å². The molecule has 3 N–H and O–H groups in total. The first-order valence-corrected chi connectivity index (χ1v) is 17.8. The van der Waals surface area contributed by atoms with Crippen LogP contribution in [0.1, 0.15) is 50.5 Å². The summed E-state index contributed by atoms with van der Waals surface area (Å²) < 4.78 is 9.01. The van der Waals surface area contributed by atoms with E-state index in [4.69, 9.17) is 14.9 Å². The van der Waals surface area contributed by atoms with Crippen molar-refractivity contribution < 1.29 is 92.7 Å². The molecule has 0 aliphatic carbocycles. The predicted molar refractivity (Wildman–Crippen MR) is 202 cm³/mol. The topological polar surface area (TPSA) is 444 Å². The van der Waals surface area contributed by atoms with Gasteiger partial charge in [0, 0.05) is 24.5 Å². The van der Waals surface area contributed by atoms with Crippen molar-refractivity contribution in [3.05, 3.63) is 95.7 Å². The Morgan fingerprint density at radius 1 is 0.937 bits per heavy atom. The highest BCUT2D eigenvalue weighted by Gasteiger charge is 2.41. The van der Waals surface area contributed by atoms with E-state index < -0.39 is 126 Å². The van der Waals surface area contributed by atoms with Crippen LogP contribution in [0.5, 0.6) is 11.6 Å². The van der Waals surface area contributed by atoms with E-state index in [2.05, 4.69) is 49.1 Å². The molecule has 2 atom stereocenters. The van der Waals surface area contributed by atoms with Crippen LogP contribution in [0.3, 0.4) is 0 Å². The van der Waals surface area contributed by atoms with E-state index in [1.165, 1.54) is 19.1 Å². The van der Waals surface area contributed by atoms with Gasteiger partial charge in [-0.15, -0.1) is 32.9 Å². The number of thioether (sulfide) groups is 1. The zero-order valence-corrected chi connectivity index (χ0v) is 34.2. The van der Waals surface area contributed by atoms with Crippen LogP contribution < -0.4 is 9.47 Å². The summed E-state index contributed by atoms with van der Waals surface area (Å²) in [6.07, 6.45) is -1.59. The minimum Gasteiger partial charge on any atom is -0.477 e. The van der Waals surface area contributed by atoms with E-state index in [1.54, 1.807) is 6.92 Å². The molecule has 3 rings (SSSR count). The number of benzene rings is 1. The second-order valence-electron chi connectivity index (χ2n) is 11.2. The fourth-order valence-electron chi connectivity index (χ4n) is 4.28. The Kier molecular flexibility index (Phi) is 21.0. The highest BCUT2D eigenvalue weighted by atomic mass is 32.2. The maximum absolute atomic E-state index is 12.3. The molecule has 35 heteroatoms. The summed E-state index contributed by atoms with van der Waals surface area (Å²) >= 11 is 9.27. The zero-order chi connectivity index (χ0) is 48.5. The van der Waals surface area contributed by atoms with Crippen LogP contribution in [-0.4, -0.2) is 135 Å². The van der Waals surface area contributed by atoms with Gasteiger partial charge in [-0.1, -0.05) is 24.0 Å². The maximum Gasteiger partial charge on any atom is 0.479 e. The molecule has 2 unspecified atom stereocenters. The molecule has 63 heavy (non-hydrogen) atoms. The number of aryl methyl sites for hydroxylation is 1. The monoisotopic (exact) mass is 956 g/mol. The normalized spacial score (nSPS) is 13.0. The second-order valence-corrected chi connectivity index (χ2v) is 13.0. The molecule has 0 spiro atoms. The largest absolute Gasteiger partial charge is 0.479 e. The Labute approximate surface area is 361 Å². The van der Waals surface area contributed by atoms with Crippen molar-refractivity contribution in [2.24, 2.45) is 0 Å². The third kappa shape index (κ3) is 17.2. The summed E-state index contributed by atoms with van der Waals surface area (Å²) in [5.74, 6) is -7.14. The van der Waals surface area contributed by atoms with E-state index in [0.717, 1.165) is 11.8 Å². The molecule has 2 heterocycles. The summed E-state index contributed by atoms with van der Waals surface area (Å²) in [6, 6.07) is 1.95. The summed E-state index contributed by atoms with van der Waals surface area (Å²) in [6.45, 7) is 0.101. The number of rotatable bonds is 17. The van der Waals surface area contributed by atoms with E-state index >= 15 is 0 Å². The Bertz CT molecular complexity index is 2260. The van der Waals surface area contributed by atoms with Crippen LogP contribution in [0.4, 0.5) is 4.79 Å². The number of carboxylic acid groups (broad SMARTS) is 1. The first-order valence-electron chi connectivity index (χ1n) is 16.0. The minimum atomic E-state index is -1.59. The van der Waals surface area contributed by atoms with Crippen molar-refractivity contribution in [2.45, 2.75) is 37.8 Å². The number of hydrogen-bond donors (Lipinski definition) is 4. The van der Waals surface area contributed by atoms with Gasteiger partial charge in [0.25, 0.3) is 21.3 Å². The number of nitrogens with one attached hydrogen (secondary N) is 1. The van der Waals surface area contributed by atoms with Gasteiger partial charge >= 0.3 is 36.5 Å². The van der Waals surface area contributed by atoms with Crippen LogP contribution >= 0.6 is 36.6 Å². The van der Waals surface area contributed by atoms with Crippen molar-refractivity contribution in [2.75, 3.05) is 32.4 Å². The average molecular weight is 957 g/mol. The number of hydrogen-bond acceptors (Lipinski definition) is 26. The van der Waals surface area contributed by atoms with E-state index in [9.17, 15) is 84.1 Å². The van der Waals surface area contributed by atoms with Crippen molar-refractivity contribution in [1.29, 1.82) is 0 Å². The fourth-order valence-corrected chi connectivity index (χ4v) is 5.79. The number of H-pyrrole nitrogens is 1. The lowest BCUT2D eigenvalue weighted by atomic mass is 10.1. The van der Waals surface area contributed by atoms with Crippen LogP contribution in [0.15, 0.2) is 23.1 Å². The molecule has 1 aliphatic heterocycles. The molecule has 1 aromatic heterocycles. The van der Waals surface area contributed by atoms with Gasteiger partial charge in [-0.25, -0.2) is 14.4 Å². The number of carbonyl (C=O) groups is 7. The van der Waals surface area contributed by atoms with Crippen molar-refractivity contribution in [1.82, 2.24) is 14.9 Å². The quantitative estimate of drug-likeness (QED) is 0.0322. The van der Waals surface area contributed by atoms with Crippen LogP contribution in [0, 0.1) is 62.1 Å². The number of ether oxygens (including phenoxy) is 2. The Hall–Kier alpha value is -7.50. The molecular weight excluding hydrogens is 929 g/mol. The van der Waals surface area contributed by atoms with E-state index in [0.29, 0.717) is 23.4 Å². The molecule has 342 valence electrons. The van der Waals surface area contributed by atoms with E-state index in [-0.39, 0.29) is 27.0 Å². The van der Waals surface area contributed by atoms with Crippen LogP contribution in [0.2, 0.25) is 0 Å². The number of thiol groups is 1. The SMILES string of the molecule is CC(=O)Oc1[nH]c(=S)c(C(=O)[N+](=O)[O-])cc1C(=O)O.CC(=O)Oc1cc(S)c(C(=O)[N+](=O)[O-])cc1C.O=C(C1CSC(=O)N1CC(CO[N+](=O)[O-])O[N+](=O)[O-])N(CO)OC[N+](=O)[O-]. The number of aliphatic hydroxyl groups excluding tert-OH is 1. The van der Waals surface area contributed by atoms with Gasteiger partial charge in [-0.2, -0.15) is 9.90 Å². The Morgan fingerprint density at radius 3 is 1.98 bits per heavy atom. The molecule has 0 bridgehead atoms. The summed E-state index contributed by atoms with van der Waals surface area (Å²) in [5, 5.41) is 66.8. The number of carbonyl (C=O) groups excluding carboxylic acids is 6. The van der Waals surface area contributed by atoms with Gasteiger partial charge in [0.1, 0.15) is 62.4 Å². The number of nitro groups is 3. The number of carboxylic acids is 1. The molecule has 0 saturated carbocycles. The zero-order valence-electron chi connectivity index (χ0n) is 31.7. The number of aliphatic hydroxyl groups is 1. The second kappa shape index (κ2) is 24.7. The number of amides is 4. The number of aromatic nitrogens is 1. The lowest BCUT2D eigenvalue weighted by Gasteiger charge is -2.28. The maximum atomic E-state index is 12.3. The highest BCUT2D eigenvalue weighted by Crippen LogP contribution is 2.27. The predicted octanol–water partition coefficient (Wildman–Crippen LogP) is 0.664. The highest BCUT2D eigenvalue weighted by molar-refractivity contribution is 8.13. The third-order valence-corrected chi connectivity index (χ3v) is 8.43. The van der Waals surface area contributed by atoms with Gasteiger partial charge in [-0.3, -0.25) is 49.5 Å². The molecule has 32 nitrogen and oxygen atoms in total. The molecule has 1 saturated heterocycles. The average Bonchev–Trinajstić information content (AvgIpc) is 3.53. The van der Waals surface area contributed by atoms with Gasteiger partial charge in [0.15, 0.2) is 0 Å². The minimum absolute atomic E-state index is 0.0913. The lowest BCUT2D eigenvalue weighted by molar-refractivity contribution is -0.789. The van der Waals surface area contributed by atoms with Gasteiger partial charge in [-0.05, 0) is 30.7 Å². The van der Waals surface area contributed by atoms with Crippen molar-refractivity contribution in [3.63, 3.8) is 0 Å². The van der Waals surface area contributed by atoms with E-state index in [1.807, 2.05) is 0 Å². The molecule has 2 aromatic rings. The molecule has 4 amide bonds. The number of esters is 2. The molecule has 0 radical (unpaired) electrons. The smallest absolute Gasteiger partial charge is 0.477 e. The standard InChI is InChI=1S/C10H9NO5S.C9H13N5O12S.C9H6N2O7S/c1-5-3-7(10(13)11(14)15)9(17)4-8(5)16-6(2)12;15-4-11(25-5-12(18)19)8(16)7-3-27-9(17)10(7)1-6(26-14(22)23)2-24-13(20)21;1-3(12)18-6-4(9(14)15)2-5(7(19)10-6)8(13)11(16)17/h3-4,17H,1-2H3;6-7,15H,1-5H2;2H,1H3,(H,10,19)(H,14,15). The lowest BCUT2D eigenvalue weighted by Crippen LogP contribution is -2.51. The Morgan fingerprint density at radius 2 is 1.51 bits per heavy atom. The molecule has 1 aromatic carbocycles. The Balaban J connectivity index is 0.000000489. The molecular formula is C28H28N8O24S3. The van der Waals surface area contributed by atoms with Crippen molar-refractivity contribution >= 4 is 77.5 Å². The summed E-state index contributed by atoms with van der Waals surface area (Å²) in [5.41, 5.74) is -0.905. The van der Waals surface area contributed by atoms with Crippen LogP contribution in [0.25, 0.3) is 0 Å². The summed E-state index contributed by atoms with van der Waals surface area (Å²) in [4.78, 5) is 143. The van der Waals surface area contributed by atoms with Crippen LogP contribution in [-0.2, 0) is 28.9 Å². The number of hydroxylamine groups is 2. The van der Waals surface area contributed by atoms with Gasteiger partial charge in [0.2, 0.25) is 5.88 Å². The first-order chi connectivity index (χ1) is 29.2. The molecule has 1 aliphatic rings. The number of aromatic amines is 1. The van der Waals surface area contributed by atoms with Crippen molar-refractivity contribution in [3.8, 4) is 11.6 Å². The third-order valence-electron chi connectivity index (χ3n) is 6.78.